The van der Waals surface area contributed by atoms with E-state index in [1.165, 1.54) is 0 Å². The van der Waals surface area contributed by atoms with Crippen LogP contribution in [0.15, 0.2) is 0 Å². The molecule has 0 unspecified atom stereocenters. The van der Waals surface area contributed by atoms with E-state index in [1.807, 2.05) is 6.92 Å². The second kappa shape index (κ2) is 6.84. The van der Waals surface area contributed by atoms with E-state index >= 15 is 0 Å². The molecule has 1 heterocycles. The first-order valence-electron chi connectivity index (χ1n) is 6.56. The molecule has 1 aromatic heterocycles. The predicted octanol–water partition coefficient (Wildman–Crippen LogP) is 3.60. The zero-order chi connectivity index (χ0) is 14.6. The van der Waals surface area contributed by atoms with E-state index in [2.05, 4.69) is 37.5 Å². The van der Waals surface area contributed by atoms with E-state index in [1.54, 1.807) is 11.3 Å². The summed E-state index contributed by atoms with van der Waals surface area (Å²) < 4.78 is 0. The Morgan fingerprint density at radius 3 is 2.37 bits per heavy atom. The van der Waals surface area contributed by atoms with Gasteiger partial charge in [0.1, 0.15) is 6.61 Å². The molecular formula is C13H22N2O3S. The molecule has 0 aromatic carbocycles. The minimum Gasteiger partial charge on any atom is -0.314 e. The fraction of sp³-hybridized carbons (Fsp3) is 0.769. The van der Waals surface area contributed by atoms with Crippen LogP contribution in [0.4, 0.5) is 0 Å². The van der Waals surface area contributed by atoms with Gasteiger partial charge in [0.15, 0.2) is 0 Å². The zero-order valence-corrected chi connectivity index (χ0v) is 13.0. The lowest BCUT2D eigenvalue weighted by Crippen LogP contribution is -2.13. The lowest BCUT2D eigenvalue weighted by Gasteiger charge is -2.22. The van der Waals surface area contributed by atoms with E-state index in [-0.39, 0.29) is 6.61 Å². The van der Waals surface area contributed by atoms with Gasteiger partial charge in [0, 0.05) is 17.2 Å². The number of nitrogens with zero attached hydrogens (tertiary/aromatic N) is 2. The second-order valence-electron chi connectivity index (χ2n) is 5.38. The Kier molecular flexibility index (Phi) is 5.72. The molecule has 0 saturated carbocycles. The van der Waals surface area contributed by atoms with Crippen molar-refractivity contribution in [1.82, 2.24) is 4.98 Å². The van der Waals surface area contributed by atoms with Crippen LogP contribution in [0.2, 0.25) is 0 Å². The SMILES string of the molecule is Cc1nc(C(C(C)C)C(C)C)sc1CCO[N+](=O)[O-]. The second-order valence-corrected chi connectivity index (χ2v) is 6.50. The number of thiazole rings is 1. The Bertz CT molecular complexity index is 422. The minimum absolute atomic E-state index is 0.101. The molecule has 19 heavy (non-hydrogen) atoms. The molecule has 0 bridgehead atoms. The third-order valence-corrected chi connectivity index (χ3v) is 4.48. The van der Waals surface area contributed by atoms with Crippen LogP contribution < -0.4 is 0 Å². The summed E-state index contributed by atoms with van der Waals surface area (Å²) in [4.78, 5) is 20.2. The normalized spacial score (nSPS) is 11.6. The summed E-state index contributed by atoms with van der Waals surface area (Å²) >= 11 is 1.66. The highest BCUT2D eigenvalue weighted by molar-refractivity contribution is 7.11. The van der Waals surface area contributed by atoms with E-state index < -0.39 is 5.09 Å². The molecule has 0 fully saturated rings. The van der Waals surface area contributed by atoms with Gasteiger partial charge in [-0.3, -0.25) is 0 Å². The van der Waals surface area contributed by atoms with Crippen LogP contribution in [0.1, 0.15) is 49.2 Å². The zero-order valence-electron chi connectivity index (χ0n) is 12.2. The van der Waals surface area contributed by atoms with Crippen LogP contribution in [-0.2, 0) is 11.3 Å². The molecule has 0 spiro atoms. The lowest BCUT2D eigenvalue weighted by atomic mass is 9.86. The molecule has 6 heteroatoms. The van der Waals surface area contributed by atoms with E-state index in [0.29, 0.717) is 24.2 Å². The highest BCUT2D eigenvalue weighted by Crippen LogP contribution is 2.35. The van der Waals surface area contributed by atoms with Crippen molar-refractivity contribution in [3.8, 4) is 0 Å². The van der Waals surface area contributed by atoms with Gasteiger partial charge >= 0.3 is 0 Å². The van der Waals surface area contributed by atoms with E-state index in [9.17, 15) is 10.1 Å². The maximum absolute atomic E-state index is 10.1. The van der Waals surface area contributed by atoms with E-state index in [0.717, 1.165) is 15.6 Å². The van der Waals surface area contributed by atoms with Gasteiger partial charge < -0.3 is 4.84 Å². The third kappa shape index (κ3) is 4.45. The fourth-order valence-electron chi connectivity index (χ4n) is 2.38. The van der Waals surface area contributed by atoms with Gasteiger partial charge in [-0.2, -0.15) is 0 Å². The topological polar surface area (TPSA) is 65.3 Å². The smallest absolute Gasteiger partial charge is 0.294 e. The van der Waals surface area contributed by atoms with Crippen molar-refractivity contribution >= 4 is 11.3 Å². The highest BCUT2D eigenvalue weighted by Gasteiger charge is 2.24. The Morgan fingerprint density at radius 2 is 1.89 bits per heavy atom. The van der Waals surface area contributed by atoms with Crippen molar-refractivity contribution in [3.63, 3.8) is 0 Å². The molecule has 1 aromatic rings. The average molecular weight is 286 g/mol. The van der Waals surface area contributed by atoms with Crippen molar-refractivity contribution in [2.45, 2.75) is 47.0 Å². The van der Waals surface area contributed by atoms with Crippen molar-refractivity contribution in [3.05, 3.63) is 25.7 Å². The molecular weight excluding hydrogens is 264 g/mol. The molecule has 1 rings (SSSR count). The monoisotopic (exact) mass is 286 g/mol. The third-order valence-electron chi connectivity index (χ3n) is 3.16. The van der Waals surface area contributed by atoms with Crippen molar-refractivity contribution in [1.29, 1.82) is 0 Å². The van der Waals surface area contributed by atoms with Crippen LogP contribution in [-0.4, -0.2) is 16.7 Å². The highest BCUT2D eigenvalue weighted by atomic mass is 32.1. The summed E-state index contributed by atoms with van der Waals surface area (Å²) in [5.41, 5.74) is 0.971. The lowest BCUT2D eigenvalue weighted by molar-refractivity contribution is -0.757. The first kappa shape index (κ1) is 15.9. The summed E-state index contributed by atoms with van der Waals surface area (Å²) in [5, 5.41) is 10.5. The average Bonchev–Trinajstić information content (AvgIpc) is 2.58. The maximum Gasteiger partial charge on any atom is 0.294 e. The Labute approximate surface area is 118 Å². The molecule has 0 aliphatic heterocycles. The molecule has 0 radical (unpaired) electrons. The summed E-state index contributed by atoms with van der Waals surface area (Å²) in [5.74, 6) is 1.51. The number of hydrogen-bond donors (Lipinski definition) is 0. The summed E-state index contributed by atoms with van der Waals surface area (Å²) in [6, 6.07) is 0. The van der Waals surface area contributed by atoms with Crippen LogP contribution in [0, 0.1) is 28.9 Å². The molecule has 0 aliphatic rings. The van der Waals surface area contributed by atoms with Gasteiger partial charge in [-0.25, -0.2) is 4.98 Å². The number of aromatic nitrogens is 1. The van der Waals surface area contributed by atoms with Crippen molar-refractivity contribution in [2.24, 2.45) is 11.8 Å². The molecule has 0 saturated heterocycles. The quantitative estimate of drug-likeness (QED) is 0.567. The Morgan fingerprint density at radius 1 is 1.32 bits per heavy atom. The maximum atomic E-state index is 10.1. The van der Waals surface area contributed by atoms with Gasteiger partial charge in [-0.05, 0) is 18.8 Å². The van der Waals surface area contributed by atoms with Crippen LogP contribution in [0.5, 0.6) is 0 Å². The minimum atomic E-state index is -0.748. The van der Waals surface area contributed by atoms with Gasteiger partial charge in [-0.1, -0.05) is 27.7 Å². The summed E-state index contributed by atoms with van der Waals surface area (Å²) in [7, 11) is 0. The van der Waals surface area contributed by atoms with Crippen molar-refractivity contribution < 1.29 is 9.92 Å². The molecule has 5 nitrogen and oxygen atoms in total. The van der Waals surface area contributed by atoms with Gasteiger partial charge in [-0.15, -0.1) is 21.5 Å². The predicted molar refractivity (Wildman–Crippen MR) is 75.9 cm³/mol. The Hall–Kier alpha value is -1.17. The fourth-order valence-corrected chi connectivity index (χ4v) is 3.87. The van der Waals surface area contributed by atoms with Crippen LogP contribution >= 0.6 is 11.3 Å². The summed E-state index contributed by atoms with van der Waals surface area (Å²) in [6.45, 7) is 10.9. The molecule has 0 atom stereocenters. The summed E-state index contributed by atoms with van der Waals surface area (Å²) in [6.07, 6.45) is 0.549. The first-order chi connectivity index (χ1) is 8.82. The largest absolute Gasteiger partial charge is 0.314 e. The standard InChI is InChI=1S/C13H22N2O3S/c1-8(2)12(9(3)4)13-14-10(5)11(19-13)6-7-18-15(16)17/h8-9,12H,6-7H2,1-5H3. The first-order valence-corrected chi connectivity index (χ1v) is 7.38. The molecule has 108 valence electrons. The number of rotatable bonds is 7. The molecule has 0 amide bonds. The van der Waals surface area contributed by atoms with Gasteiger partial charge in [0.2, 0.25) is 0 Å². The molecule has 0 N–H and O–H groups in total. The van der Waals surface area contributed by atoms with Crippen LogP contribution in [0.3, 0.4) is 0 Å². The van der Waals surface area contributed by atoms with Crippen LogP contribution in [0.25, 0.3) is 0 Å². The number of hydrogen-bond acceptors (Lipinski definition) is 5. The molecule has 0 aliphatic carbocycles. The van der Waals surface area contributed by atoms with Gasteiger partial charge in [0.25, 0.3) is 5.09 Å². The van der Waals surface area contributed by atoms with Gasteiger partial charge in [0.05, 0.1) is 10.7 Å². The van der Waals surface area contributed by atoms with Crippen molar-refractivity contribution in [2.75, 3.05) is 6.61 Å². The van der Waals surface area contributed by atoms with E-state index in [4.69, 9.17) is 0 Å². The number of aryl methyl sites for hydroxylation is 1. The Balaban J connectivity index is 2.79.